The predicted octanol–water partition coefficient (Wildman–Crippen LogP) is 2.68. The van der Waals surface area contributed by atoms with Crippen molar-refractivity contribution < 1.29 is 18.3 Å². The molecular formula is C20H25BrClN3O4S2. The van der Waals surface area contributed by atoms with Crippen LogP contribution in [0.4, 0.5) is 0 Å². The van der Waals surface area contributed by atoms with Gasteiger partial charge in [0.25, 0.3) is 10.0 Å². The second-order valence-electron chi connectivity index (χ2n) is 7.09. The number of thioether (sulfide) groups is 1. The fraction of sp³-hybridized carbons (Fsp3) is 0.350. The van der Waals surface area contributed by atoms with Gasteiger partial charge < -0.3 is 5.11 Å². The lowest BCUT2D eigenvalue weighted by Crippen LogP contribution is -2.48. The van der Waals surface area contributed by atoms with Gasteiger partial charge in [0.05, 0.1) is 5.02 Å². The monoisotopic (exact) mass is 549 g/mol. The third-order valence-corrected chi connectivity index (χ3v) is 8.20. The van der Waals surface area contributed by atoms with Crippen molar-refractivity contribution in [3.05, 3.63) is 64.7 Å². The Hall–Kier alpha value is -1.14. The Morgan fingerprint density at radius 2 is 1.97 bits per heavy atom. The van der Waals surface area contributed by atoms with Crippen LogP contribution >= 0.6 is 40.3 Å². The molecule has 7 nitrogen and oxygen atoms in total. The van der Waals surface area contributed by atoms with E-state index in [0.29, 0.717) is 11.3 Å². The minimum Gasteiger partial charge on any atom is -0.370 e. The Labute approximate surface area is 202 Å². The van der Waals surface area contributed by atoms with Gasteiger partial charge in [-0.3, -0.25) is 10.1 Å². The van der Waals surface area contributed by atoms with E-state index in [1.54, 1.807) is 18.0 Å². The third kappa shape index (κ3) is 6.01. The minimum absolute atomic E-state index is 0. The van der Waals surface area contributed by atoms with Crippen LogP contribution in [0.1, 0.15) is 18.1 Å². The molecule has 2 unspecified atom stereocenters. The number of benzene rings is 2. The highest BCUT2D eigenvalue weighted by Gasteiger charge is 2.45. The fourth-order valence-electron chi connectivity index (χ4n) is 3.27. The maximum absolute atomic E-state index is 12.4. The predicted molar refractivity (Wildman–Crippen MR) is 129 cm³/mol. The van der Waals surface area contributed by atoms with E-state index in [2.05, 4.69) is 17.4 Å². The summed E-state index contributed by atoms with van der Waals surface area (Å²) in [4.78, 5) is 12.8. The SMILES string of the molecule is Br.CC(=O)NS(=O)(=O)c1cc(C2(O)CSC(NCCc3ccccc3)N2C)ccc1Cl. The number of amides is 1. The molecule has 1 amide bonds. The lowest BCUT2D eigenvalue weighted by Gasteiger charge is -2.33. The largest absolute Gasteiger partial charge is 0.370 e. The van der Waals surface area contributed by atoms with E-state index >= 15 is 0 Å². The zero-order valence-electron chi connectivity index (χ0n) is 17.0. The van der Waals surface area contributed by atoms with Crippen LogP contribution in [0.15, 0.2) is 53.4 Å². The van der Waals surface area contributed by atoms with Crippen molar-refractivity contribution in [3.63, 3.8) is 0 Å². The molecule has 1 aliphatic rings. The highest BCUT2D eigenvalue weighted by atomic mass is 79.9. The summed E-state index contributed by atoms with van der Waals surface area (Å²) < 4.78 is 26.8. The molecule has 2 atom stereocenters. The van der Waals surface area contributed by atoms with Gasteiger partial charge in [-0.1, -0.05) is 48.0 Å². The first-order valence-electron chi connectivity index (χ1n) is 9.31. The Balaban J connectivity index is 0.00000341. The first kappa shape index (κ1) is 26.1. The van der Waals surface area contributed by atoms with E-state index in [0.717, 1.165) is 19.9 Å². The van der Waals surface area contributed by atoms with E-state index in [1.807, 2.05) is 22.9 Å². The highest BCUT2D eigenvalue weighted by Crippen LogP contribution is 2.41. The number of sulfonamides is 1. The number of halogens is 2. The summed E-state index contributed by atoms with van der Waals surface area (Å²) in [6, 6.07) is 14.4. The van der Waals surface area contributed by atoms with Gasteiger partial charge in [0.2, 0.25) is 5.91 Å². The van der Waals surface area contributed by atoms with E-state index in [-0.39, 0.29) is 32.4 Å². The molecule has 31 heavy (non-hydrogen) atoms. The number of aliphatic hydroxyl groups is 1. The average molecular weight is 551 g/mol. The van der Waals surface area contributed by atoms with Crippen molar-refractivity contribution in [2.75, 3.05) is 19.3 Å². The Morgan fingerprint density at radius 3 is 2.61 bits per heavy atom. The minimum atomic E-state index is -4.13. The molecule has 0 aliphatic carbocycles. The van der Waals surface area contributed by atoms with Crippen molar-refractivity contribution in [2.24, 2.45) is 0 Å². The summed E-state index contributed by atoms with van der Waals surface area (Å²) in [6.45, 7) is 1.83. The van der Waals surface area contributed by atoms with Crippen molar-refractivity contribution in [1.82, 2.24) is 14.9 Å². The summed E-state index contributed by atoms with van der Waals surface area (Å²) in [5.41, 5.74) is 0.0691. The summed E-state index contributed by atoms with van der Waals surface area (Å²) in [5, 5.41) is 14.7. The number of carbonyl (C=O) groups is 1. The van der Waals surface area contributed by atoms with Gasteiger partial charge in [0.15, 0.2) is 5.72 Å². The van der Waals surface area contributed by atoms with Gasteiger partial charge in [0.1, 0.15) is 10.4 Å². The number of hydrogen-bond acceptors (Lipinski definition) is 7. The molecule has 2 aromatic carbocycles. The standard InChI is InChI=1S/C20H24ClN3O4S2.BrH/c1-14(25)23-30(27,28)18-12-16(8-9-17(18)21)20(26)13-29-19(24(20)2)22-11-10-15-6-4-3-5-7-15;/h3-9,12,19,22,26H,10-11,13H2,1-2H3,(H,23,25);1H. The van der Waals surface area contributed by atoms with Gasteiger partial charge in [-0.2, -0.15) is 0 Å². The molecule has 170 valence electrons. The second kappa shape index (κ2) is 10.7. The quantitative estimate of drug-likeness (QED) is 0.488. The van der Waals surface area contributed by atoms with E-state index in [1.165, 1.54) is 29.5 Å². The molecule has 1 saturated heterocycles. The summed E-state index contributed by atoms with van der Waals surface area (Å²) in [5.74, 6) is -0.375. The number of rotatable bonds is 7. The molecule has 0 spiro atoms. The number of hydrogen-bond donors (Lipinski definition) is 3. The third-order valence-electron chi connectivity index (χ3n) is 4.91. The number of carbonyl (C=O) groups excluding carboxylic acids is 1. The maximum atomic E-state index is 12.4. The normalized spacial score (nSPS) is 21.5. The molecule has 11 heteroatoms. The molecule has 0 aromatic heterocycles. The molecular weight excluding hydrogens is 526 g/mol. The van der Waals surface area contributed by atoms with Crippen LogP contribution in [-0.4, -0.2) is 49.2 Å². The summed E-state index contributed by atoms with van der Waals surface area (Å²) >= 11 is 7.59. The Morgan fingerprint density at radius 1 is 1.29 bits per heavy atom. The van der Waals surface area contributed by atoms with Gasteiger partial charge in [-0.05, 0) is 31.2 Å². The zero-order valence-corrected chi connectivity index (χ0v) is 21.1. The van der Waals surface area contributed by atoms with Crippen molar-refractivity contribution in [3.8, 4) is 0 Å². The molecule has 2 aromatic rings. The molecule has 0 saturated carbocycles. The molecule has 3 rings (SSSR count). The van der Waals surface area contributed by atoms with Gasteiger partial charge in [-0.15, -0.1) is 28.7 Å². The fourth-order valence-corrected chi connectivity index (χ4v) is 6.18. The lowest BCUT2D eigenvalue weighted by atomic mass is 10.0. The zero-order chi connectivity index (χ0) is 21.9. The highest BCUT2D eigenvalue weighted by molar-refractivity contribution is 8.93. The average Bonchev–Trinajstić information content (AvgIpc) is 2.97. The van der Waals surface area contributed by atoms with Gasteiger partial charge >= 0.3 is 0 Å². The van der Waals surface area contributed by atoms with Crippen LogP contribution < -0.4 is 10.0 Å². The molecule has 1 heterocycles. The summed E-state index contributed by atoms with van der Waals surface area (Å²) in [7, 11) is -2.35. The molecule has 1 fully saturated rings. The van der Waals surface area contributed by atoms with Crippen LogP contribution in [0.2, 0.25) is 5.02 Å². The summed E-state index contributed by atoms with van der Waals surface area (Å²) in [6.07, 6.45) is 0.851. The maximum Gasteiger partial charge on any atom is 0.265 e. The van der Waals surface area contributed by atoms with Gasteiger partial charge in [-0.25, -0.2) is 18.0 Å². The first-order chi connectivity index (χ1) is 14.1. The second-order valence-corrected chi connectivity index (χ2v) is 10.2. The van der Waals surface area contributed by atoms with Crippen molar-refractivity contribution in [1.29, 1.82) is 0 Å². The topological polar surface area (TPSA) is 98.7 Å². The smallest absolute Gasteiger partial charge is 0.265 e. The molecule has 3 N–H and O–H groups in total. The molecule has 0 bridgehead atoms. The molecule has 1 aliphatic heterocycles. The van der Waals surface area contributed by atoms with E-state index in [9.17, 15) is 18.3 Å². The van der Waals surface area contributed by atoms with Crippen LogP contribution in [0.3, 0.4) is 0 Å². The number of nitrogens with one attached hydrogen (secondary N) is 2. The van der Waals surface area contributed by atoms with Crippen LogP contribution in [0.5, 0.6) is 0 Å². The van der Waals surface area contributed by atoms with Crippen LogP contribution in [-0.2, 0) is 27.0 Å². The van der Waals surface area contributed by atoms with Crippen LogP contribution in [0, 0.1) is 0 Å². The Bertz CT molecular complexity index is 1030. The first-order valence-corrected chi connectivity index (χ1v) is 12.2. The molecule has 0 radical (unpaired) electrons. The van der Waals surface area contributed by atoms with Crippen molar-refractivity contribution in [2.45, 2.75) is 29.5 Å². The van der Waals surface area contributed by atoms with E-state index < -0.39 is 21.7 Å². The Kier molecular flexibility index (Phi) is 8.97. The van der Waals surface area contributed by atoms with Crippen LogP contribution in [0.25, 0.3) is 0 Å². The lowest BCUT2D eigenvalue weighted by molar-refractivity contribution is -0.117. The number of nitrogens with zero attached hydrogens (tertiary/aromatic N) is 1. The van der Waals surface area contributed by atoms with Gasteiger partial charge in [0, 0.05) is 24.8 Å². The van der Waals surface area contributed by atoms with Crippen molar-refractivity contribution >= 4 is 56.3 Å². The van der Waals surface area contributed by atoms with E-state index in [4.69, 9.17) is 11.6 Å².